The summed E-state index contributed by atoms with van der Waals surface area (Å²) in [5.74, 6) is 0.232. The summed E-state index contributed by atoms with van der Waals surface area (Å²) in [5, 5.41) is 5.88. The molecular weight excluding hydrogens is 292 g/mol. The molecule has 0 spiro atoms. The first kappa shape index (κ1) is 13.8. The van der Waals surface area contributed by atoms with Crippen LogP contribution in [0.15, 0.2) is 18.2 Å². The third-order valence-corrected chi connectivity index (χ3v) is 2.73. The minimum atomic E-state index is -0.453. The molecule has 100 valence electrons. The summed E-state index contributed by atoms with van der Waals surface area (Å²) in [6.07, 6.45) is 0. The Kier molecular flexibility index (Phi) is 4.34. The maximum absolute atomic E-state index is 13.0. The van der Waals surface area contributed by atoms with Gasteiger partial charge in [0.05, 0.1) is 5.02 Å². The highest BCUT2D eigenvalue weighted by Gasteiger charge is 2.05. The van der Waals surface area contributed by atoms with Crippen LogP contribution in [0, 0.1) is 5.82 Å². The van der Waals surface area contributed by atoms with Crippen molar-refractivity contribution in [2.75, 3.05) is 17.7 Å². The van der Waals surface area contributed by atoms with Crippen LogP contribution in [0.3, 0.4) is 0 Å². The van der Waals surface area contributed by atoms with Crippen LogP contribution < -0.4 is 10.6 Å². The number of anilines is 2. The second-order valence-electron chi connectivity index (χ2n) is 3.60. The number of hydrogen-bond donors (Lipinski definition) is 2. The number of nitrogens with one attached hydrogen (secondary N) is 2. The van der Waals surface area contributed by atoms with Crippen LogP contribution in [-0.4, -0.2) is 22.0 Å². The van der Waals surface area contributed by atoms with Crippen molar-refractivity contribution < 1.29 is 4.39 Å². The third-order valence-electron chi connectivity index (χ3n) is 2.27. The van der Waals surface area contributed by atoms with Crippen molar-refractivity contribution >= 4 is 35.1 Å². The molecule has 0 aliphatic rings. The van der Waals surface area contributed by atoms with Crippen LogP contribution in [0.2, 0.25) is 10.3 Å². The van der Waals surface area contributed by atoms with Gasteiger partial charge in [0.15, 0.2) is 0 Å². The van der Waals surface area contributed by atoms with Crippen LogP contribution in [0.5, 0.6) is 0 Å². The molecule has 2 N–H and O–H groups in total. The second kappa shape index (κ2) is 5.99. The van der Waals surface area contributed by atoms with Gasteiger partial charge < -0.3 is 10.6 Å². The first-order chi connectivity index (χ1) is 9.08. The SMILES string of the molecule is CNc1nc(Cl)nc(NCc2ccc(F)c(Cl)c2)n1. The van der Waals surface area contributed by atoms with Gasteiger partial charge in [0.1, 0.15) is 5.82 Å². The zero-order valence-corrected chi connectivity index (χ0v) is 11.4. The van der Waals surface area contributed by atoms with Crippen molar-refractivity contribution in [1.82, 2.24) is 15.0 Å². The van der Waals surface area contributed by atoms with Crippen molar-refractivity contribution in [1.29, 1.82) is 0 Å². The van der Waals surface area contributed by atoms with Crippen LogP contribution >= 0.6 is 23.2 Å². The molecule has 2 aromatic rings. The smallest absolute Gasteiger partial charge is 0.229 e. The lowest BCUT2D eigenvalue weighted by Gasteiger charge is -2.07. The summed E-state index contributed by atoms with van der Waals surface area (Å²) in [7, 11) is 1.68. The van der Waals surface area contributed by atoms with Gasteiger partial charge in [-0.3, -0.25) is 0 Å². The first-order valence-corrected chi connectivity index (χ1v) is 6.11. The van der Waals surface area contributed by atoms with E-state index in [1.807, 2.05) is 0 Å². The van der Waals surface area contributed by atoms with E-state index in [4.69, 9.17) is 23.2 Å². The number of nitrogens with zero attached hydrogens (tertiary/aromatic N) is 3. The Bertz CT molecular complexity index is 593. The Morgan fingerprint density at radius 1 is 1.16 bits per heavy atom. The quantitative estimate of drug-likeness (QED) is 0.909. The lowest BCUT2D eigenvalue weighted by Crippen LogP contribution is -2.07. The molecule has 0 aliphatic heterocycles. The highest BCUT2D eigenvalue weighted by atomic mass is 35.5. The Labute approximate surface area is 119 Å². The zero-order chi connectivity index (χ0) is 13.8. The standard InChI is InChI=1S/C11H10Cl2FN5/c1-15-10-17-9(13)18-11(19-10)16-5-6-2-3-8(14)7(12)4-6/h2-4H,5H2,1H3,(H2,15,16,17,18,19). The maximum atomic E-state index is 13.0. The first-order valence-electron chi connectivity index (χ1n) is 5.35. The number of aromatic nitrogens is 3. The summed E-state index contributed by atoms with van der Waals surface area (Å²) in [6, 6.07) is 4.46. The van der Waals surface area contributed by atoms with Gasteiger partial charge in [0.25, 0.3) is 0 Å². The molecule has 2 rings (SSSR count). The van der Waals surface area contributed by atoms with Crippen molar-refractivity contribution in [2.45, 2.75) is 6.54 Å². The van der Waals surface area contributed by atoms with Crippen molar-refractivity contribution in [2.24, 2.45) is 0 Å². The van der Waals surface area contributed by atoms with E-state index in [-0.39, 0.29) is 10.3 Å². The third kappa shape index (κ3) is 3.65. The largest absolute Gasteiger partial charge is 0.357 e. The Balaban J connectivity index is 2.09. The predicted molar refractivity (Wildman–Crippen MR) is 73.1 cm³/mol. The van der Waals surface area contributed by atoms with Gasteiger partial charge >= 0.3 is 0 Å². The van der Waals surface area contributed by atoms with E-state index in [0.717, 1.165) is 5.56 Å². The molecule has 8 heteroatoms. The van der Waals surface area contributed by atoms with Crippen LogP contribution in [-0.2, 0) is 6.54 Å². The van der Waals surface area contributed by atoms with Gasteiger partial charge in [-0.2, -0.15) is 15.0 Å². The molecule has 1 aromatic heterocycles. The van der Waals surface area contributed by atoms with Crippen LogP contribution in [0.1, 0.15) is 5.56 Å². The monoisotopic (exact) mass is 301 g/mol. The van der Waals surface area contributed by atoms with Crippen LogP contribution in [0.4, 0.5) is 16.3 Å². The molecule has 0 radical (unpaired) electrons. The minimum absolute atomic E-state index is 0.0730. The number of rotatable bonds is 4. The van der Waals surface area contributed by atoms with Crippen LogP contribution in [0.25, 0.3) is 0 Å². The second-order valence-corrected chi connectivity index (χ2v) is 4.35. The van der Waals surface area contributed by atoms with Crippen molar-refractivity contribution in [3.63, 3.8) is 0 Å². The van der Waals surface area contributed by atoms with Gasteiger partial charge in [-0.05, 0) is 29.3 Å². The van der Waals surface area contributed by atoms with Gasteiger partial charge in [0, 0.05) is 13.6 Å². The molecular formula is C11H10Cl2FN5. The highest BCUT2D eigenvalue weighted by molar-refractivity contribution is 6.30. The maximum Gasteiger partial charge on any atom is 0.229 e. The summed E-state index contributed by atoms with van der Waals surface area (Å²) < 4.78 is 13.0. The average molecular weight is 302 g/mol. The molecule has 0 bridgehead atoms. The minimum Gasteiger partial charge on any atom is -0.357 e. The fourth-order valence-corrected chi connectivity index (χ4v) is 1.73. The molecule has 1 aromatic carbocycles. The molecule has 0 saturated carbocycles. The fourth-order valence-electron chi connectivity index (χ4n) is 1.37. The van der Waals surface area contributed by atoms with Crippen molar-refractivity contribution in [3.05, 3.63) is 39.9 Å². The lowest BCUT2D eigenvalue weighted by atomic mass is 10.2. The summed E-state index contributed by atoms with van der Waals surface area (Å²) in [4.78, 5) is 11.8. The van der Waals surface area contributed by atoms with E-state index in [2.05, 4.69) is 25.6 Å². The molecule has 19 heavy (non-hydrogen) atoms. The normalized spacial score (nSPS) is 10.3. The molecule has 0 saturated heterocycles. The van der Waals surface area contributed by atoms with Gasteiger partial charge in [0.2, 0.25) is 17.2 Å². The number of halogens is 3. The number of benzene rings is 1. The summed E-state index contributed by atoms with van der Waals surface area (Å²) in [6.45, 7) is 0.392. The van der Waals surface area contributed by atoms with Gasteiger partial charge in [-0.15, -0.1) is 0 Å². The zero-order valence-electron chi connectivity index (χ0n) is 9.91. The Hall–Kier alpha value is -1.66. The van der Waals surface area contributed by atoms with E-state index in [1.54, 1.807) is 13.1 Å². The van der Waals surface area contributed by atoms with Gasteiger partial charge in [-0.25, -0.2) is 4.39 Å². The molecule has 0 atom stereocenters. The van der Waals surface area contributed by atoms with E-state index in [9.17, 15) is 4.39 Å². The van der Waals surface area contributed by atoms with E-state index in [0.29, 0.717) is 18.4 Å². The fraction of sp³-hybridized carbons (Fsp3) is 0.182. The van der Waals surface area contributed by atoms with E-state index < -0.39 is 5.82 Å². The molecule has 5 nitrogen and oxygen atoms in total. The molecule has 0 amide bonds. The van der Waals surface area contributed by atoms with E-state index >= 15 is 0 Å². The van der Waals surface area contributed by atoms with Crippen molar-refractivity contribution in [3.8, 4) is 0 Å². The average Bonchev–Trinajstić information content (AvgIpc) is 2.39. The molecule has 0 unspecified atom stereocenters. The lowest BCUT2D eigenvalue weighted by molar-refractivity contribution is 0.627. The van der Waals surface area contributed by atoms with Gasteiger partial charge in [-0.1, -0.05) is 17.7 Å². The molecule has 0 aliphatic carbocycles. The van der Waals surface area contributed by atoms with E-state index in [1.165, 1.54) is 12.1 Å². The summed E-state index contributed by atoms with van der Waals surface area (Å²) in [5.41, 5.74) is 0.800. The predicted octanol–water partition coefficient (Wildman–Crippen LogP) is 2.97. The Morgan fingerprint density at radius 3 is 2.58 bits per heavy atom. The molecule has 1 heterocycles. The highest BCUT2D eigenvalue weighted by Crippen LogP contribution is 2.17. The Morgan fingerprint density at radius 2 is 1.89 bits per heavy atom. The number of hydrogen-bond acceptors (Lipinski definition) is 5. The summed E-state index contributed by atoms with van der Waals surface area (Å²) >= 11 is 11.4. The topological polar surface area (TPSA) is 62.7 Å². The molecule has 0 fully saturated rings.